The van der Waals surface area contributed by atoms with Gasteiger partial charge in [0, 0.05) is 12.1 Å². The number of H-pyrrole nitrogens is 1. The fraction of sp³-hybridized carbons (Fsp3) is 0.500. The molecule has 5 nitrogen and oxygen atoms in total. The number of piperidine rings is 1. The summed E-state index contributed by atoms with van der Waals surface area (Å²) in [6, 6.07) is 6.77. The van der Waals surface area contributed by atoms with Gasteiger partial charge in [-0.15, -0.1) is 0 Å². The van der Waals surface area contributed by atoms with Crippen molar-refractivity contribution in [1.82, 2.24) is 14.9 Å². The van der Waals surface area contributed by atoms with Gasteiger partial charge in [-0.2, -0.15) is 0 Å². The average molecular weight is 333 g/mol. The van der Waals surface area contributed by atoms with Gasteiger partial charge in [-0.05, 0) is 31.5 Å². The first-order valence-electron chi connectivity index (χ1n) is 8.51. The number of benzene rings is 1. The van der Waals surface area contributed by atoms with Crippen molar-refractivity contribution in [2.24, 2.45) is 0 Å². The molecule has 2 N–H and O–H groups in total. The summed E-state index contributed by atoms with van der Waals surface area (Å²) in [5.41, 5.74) is 1.65. The quantitative estimate of drug-likeness (QED) is 0.765. The number of imidazole rings is 1. The van der Waals surface area contributed by atoms with E-state index in [-0.39, 0.29) is 18.5 Å². The van der Waals surface area contributed by atoms with Crippen LogP contribution in [0.2, 0.25) is 0 Å². The molecule has 0 saturated carbocycles. The van der Waals surface area contributed by atoms with Crippen molar-refractivity contribution in [3.05, 3.63) is 42.1 Å². The molecule has 0 bridgehead atoms. The van der Waals surface area contributed by atoms with Crippen LogP contribution in [0.3, 0.4) is 0 Å². The van der Waals surface area contributed by atoms with Crippen LogP contribution >= 0.6 is 0 Å². The Morgan fingerprint density at radius 1 is 1.33 bits per heavy atom. The van der Waals surface area contributed by atoms with Crippen LogP contribution < -0.4 is 0 Å². The zero-order valence-corrected chi connectivity index (χ0v) is 13.7. The number of aromatic amines is 1. The minimum atomic E-state index is -0.246. The van der Waals surface area contributed by atoms with Crippen LogP contribution in [0.25, 0.3) is 11.3 Å². The minimum Gasteiger partial charge on any atom is -0.394 e. The van der Waals surface area contributed by atoms with Gasteiger partial charge in [0.2, 0.25) is 0 Å². The van der Waals surface area contributed by atoms with Gasteiger partial charge >= 0.3 is 0 Å². The molecular formula is C18H24FN3O2. The van der Waals surface area contributed by atoms with Gasteiger partial charge < -0.3 is 14.8 Å². The van der Waals surface area contributed by atoms with Crippen LogP contribution in [0.5, 0.6) is 0 Å². The van der Waals surface area contributed by atoms with Crippen LogP contribution in [0.4, 0.5) is 4.39 Å². The molecule has 0 spiro atoms. The van der Waals surface area contributed by atoms with E-state index in [1.807, 2.05) is 6.07 Å². The lowest BCUT2D eigenvalue weighted by atomic mass is 10.0. The van der Waals surface area contributed by atoms with Crippen molar-refractivity contribution in [3.8, 4) is 11.3 Å². The maximum atomic E-state index is 13.4. The third-order valence-corrected chi connectivity index (χ3v) is 4.42. The van der Waals surface area contributed by atoms with Gasteiger partial charge in [0.15, 0.2) is 0 Å². The van der Waals surface area contributed by atoms with Gasteiger partial charge in [-0.25, -0.2) is 9.37 Å². The lowest BCUT2D eigenvalue weighted by Gasteiger charge is -2.34. The first kappa shape index (κ1) is 17.1. The fourth-order valence-electron chi connectivity index (χ4n) is 3.23. The highest BCUT2D eigenvalue weighted by atomic mass is 19.1. The topological polar surface area (TPSA) is 61.4 Å². The first-order valence-corrected chi connectivity index (χ1v) is 8.51. The third kappa shape index (κ3) is 4.20. The molecule has 1 saturated heterocycles. The van der Waals surface area contributed by atoms with Crippen molar-refractivity contribution >= 4 is 0 Å². The highest BCUT2D eigenvalue weighted by Crippen LogP contribution is 2.30. The molecule has 1 atom stereocenters. The number of aliphatic hydroxyl groups is 1. The third-order valence-electron chi connectivity index (χ3n) is 4.42. The molecule has 1 aromatic heterocycles. The van der Waals surface area contributed by atoms with E-state index in [4.69, 9.17) is 9.84 Å². The van der Waals surface area contributed by atoms with Crippen LogP contribution in [0.1, 0.15) is 31.1 Å². The molecule has 3 rings (SSSR count). The Morgan fingerprint density at radius 2 is 2.25 bits per heavy atom. The Kier molecular flexibility index (Phi) is 5.96. The van der Waals surface area contributed by atoms with Crippen LogP contribution in [-0.2, 0) is 4.74 Å². The molecule has 1 aliphatic heterocycles. The van der Waals surface area contributed by atoms with E-state index >= 15 is 0 Å². The monoisotopic (exact) mass is 333 g/mol. The maximum absolute atomic E-state index is 13.4. The predicted octanol–water partition coefficient (Wildman–Crippen LogP) is 2.75. The van der Waals surface area contributed by atoms with E-state index < -0.39 is 0 Å². The summed E-state index contributed by atoms with van der Waals surface area (Å²) in [5.74, 6) is 0.681. The molecule has 0 radical (unpaired) electrons. The number of hydrogen-bond donors (Lipinski definition) is 2. The number of aromatic nitrogens is 2. The molecule has 24 heavy (non-hydrogen) atoms. The summed E-state index contributed by atoms with van der Waals surface area (Å²) < 4.78 is 18.8. The Hall–Kier alpha value is -1.76. The molecule has 130 valence electrons. The number of aliphatic hydroxyl groups excluding tert-OH is 1. The second-order valence-corrected chi connectivity index (χ2v) is 6.08. The molecular weight excluding hydrogens is 309 g/mol. The largest absolute Gasteiger partial charge is 0.394 e. The Labute approximate surface area is 141 Å². The van der Waals surface area contributed by atoms with Crippen molar-refractivity contribution in [3.63, 3.8) is 0 Å². The summed E-state index contributed by atoms with van der Waals surface area (Å²) in [7, 11) is 0. The Balaban J connectivity index is 1.69. The van der Waals surface area contributed by atoms with E-state index in [9.17, 15) is 4.39 Å². The minimum absolute atomic E-state index is 0.0542. The van der Waals surface area contributed by atoms with Crippen LogP contribution in [0, 0.1) is 5.82 Å². The fourth-order valence-corrected chi connectivity index (χ4v) is 3.23. The molecule has 2 heterocycles. The number of hydrogen-bond acceptors (Lipinski definition) is 4. The highest BCUT2D eigenvalue weighted by molar-refractivity contribution is 5.58. The van der Waals surface area contributed by atoms with Crippen LogP contribution in [0.15, 0.2) is 30.5 Å². The zero-order chi connectivity index (χ0) is 16.8. The molecule has 0 aliphatic carbocycles. The Bertz CT molecular complexity index is 647. The van der Waals surface area contributed by atoms with Crippen molar-refractivity contribution in [1.29, 1.82) is 0 Å². The second kappa shape index (κ2) is 8.37. The molecule has 1 aromatic carbocycles. The van der Waals surface area contributed by atoms with E-state index in [1.54, 1.807) is 12.3 Å². The number of likely N-dealkylation sites (tertiary alicyclic amines) is 1. The maximum Gasteiger partial charge on any atom is 0.123 e. The number of nitrogens with zero attached hydrogens (tertiary/aromatic N) is 2. The predicted molar refractivity (Wildman–Crippen MR) is 90.1 cm³/mol. The highest BCUT2D eigenvalue weighted by Gasteiger charge is 2.26. The summed E-state index contributed by atoms with van der Waals surface area (Å²) in [6.07, 6.45) is 5.18. The van der Waals surface area contributed by atoms with Crippen molar-refractivity contribution in [2.75, 3.05) is 32.9 Å². The van der Waals surface area contributed by atoms with E-state index in [1.165, 1.54) is 25.0 Å². The van der Waals surface area contributed by atoms with Gasteiger partial charge in [0.1, 0.15) is 11.6 Å². The summed E-state index contributed by atoms with van der Waals surface area (Å²) >= 11 is 0. The van der Waals surface area contributed by atoms with Gasteiger partial charge in [0.25, 0.3) is 0 Å². The SMILES string of the molecule is OCCOCCN1CCCCC1c1ncc(-c2cccc(F)c2)[nH]1. The first-order chi connectivity index (χ1) is 11.8. The number of ether oxygens (including phenoxy) is 1. The molecule has 6 heteroatoms. The average Bonchev–Trinajstić information content (AvgIpc) is 3.09. The van der Waals surface area contributed by atoms with Crippen LogP contribution in [-0.4, -0.2) is 52.9 Å². The lowest BCUT2D eigenvalue weighted by molar-refractivity contribution is 0.0516. The van der Waals surface area contributed by atoms with E-state index in [0.717, 1.165) is 36.6 Å². The van der Waals surface area contributed by atoms with Crippen molar-refractivity contribution < 1.29 is 14.2 Å². The molecule has 1 aliphatic rings. The normalized spacial score (nSPS) is 18.8. The molecule has 1 unspecified atom stereocenters. The van der Waals surface area contributed by atoms with E-state index in [2.05, 4.69) is 14.9 Å². The van der Waals surface area contributed by atoms with Gasteiger partial charge in [-0.1, -0.05) is 18.6 Å². The summed E-state index contributed by atoms with van der Waals surface area (Å²) in [6.45, 7) is 2.87. The van der Waals surface area contributed by atoms with Crippen molar-refractivity contribution in [2.45, 2.75) is 25.3 Å². The standard InChI is InChI=1S/C18H24FN3O2/c19-15-5-3-4-14(12-15)16-13-20-18(21-16)17-6-1-2-7-22(17)8-10-24-11-9-23/h3-5,12-13,17,23H,1-2,6-11H2,(H,20,21). The Morgan fingerprint density at radius 3 is 3.08 bits per heavy atom. The molecule has 2 aromatic rings. The lowest BCUT2D eigenvalue weighted by Crippen LogP contribution is -2.36. The molecule has 0 amide bonds. The van der Waals surface area contributed by atoms with Gasteiger partial charge in [0.05, 0.1) is 37.8 Å². The summed E-state index contributed by atoms with van der Waals surface area (Å²) in [4.78, 5) is 10.3. The second-order valence-electron chi connectivity index (χ2n) is 6.08. The summed E-state index contributed by atoms with van der Waals surface area (Å²) in [5, 5.41) is 8.78. The number of nitrogens with one attached hydrogen (secondary N) is 1. The smallest absolute Gasteiger partial charge is 0.123 e. The number of rotatable bonds is 7. The van der Waals surface area contributed by atoms with E-state index in [0.29, 0.717) is 13.2 Å². The van der Waals surface area contributed by atoms with Gasteiger partial charge in [-0.3, -0.25) is 4.90 Å². The zero-order valence-electron chi connectivity index (χ0n) is 13.7. The number of halogens is 1. The molecule has 1 fully saturated rings.